The van der Waals surface area contributed by atoms with Crippen molar-refractivity contribution < 1.29 is 13.9 Å². The van der Waals surface area contributed by atoms with Crippen molar-refractivity contribution in [3.63, 3.8) is 0 Å². The molecule has 3 rings (SSSR count). The molecule has 0 radical (unpaired) electrons. The highest BCUT2D eigenvalue weighted by Crippen LogP contribution is 2.45. The van der Waals surface area contributed by atoms with Crippen LogP contribution in [-0.2, 0) is 10.2 Å². The molecule has 1 amide bonds. The van der Waals surface area contributed by atoms with Crippen LogP contribution in [0.15, 0.2) is 42.5 Å². The summed E-state index contributed by atoms with van der Waals surface area (Å²) >= 11 is 6.08. The van der Waals surface area contributed by atoms with E-state index >= 15 is 0 Å². The normalized spacial score (nSPS) is 15.6. The summed E-state index contributed by atoms with van der Waals surface area (Å²) < 4.78 is 19.2. The maximum Gasteiger partial charge on any atom is 0.235 e. The number of carbonyl (C=O) groups is 1. The second-order valence-electron chi connectivity index (χ2n) is 5.72. The van der Waals surface area contributed by atoms with E-state index in [0.717, 1.165) is 6.42 Å². The van der Waals surface area contributed by atoms with Crippen LogP contribution in [0.4, 0.5) is 10.1 Å². The topological polar surface area (TPSA) is 38.3 Å². The van der Waals surface area contributed by atoms with Crippen molar-refractivity contribution >= 4 is 23.2 Å². The minimum Gasteiger partial charge on any atom is -0.495 e. The third-order valence-corrected chi connectivity index (χ3v) is 4.74. The molecule has 1 saturated carbocycles. The first-order chi connectivity index (χ1) is 11.1. The van der Waals surface area contributed by atoms with Crippen molar-refractivity contribution in [3.8, 4) is 5.75 Å². The van der Waals surface area contributed by atoms with E-state index in [0.29, 0.717) is 34.9 Å². The lowest BCUT2D eigenvalue weighted by atomic mass is 9.63. The Morgan fingerprint density at radius 2 is 2.00 bits per heavy atom. The third kappa shape index (κ3) is 2.79. The van der Waals surface area contributed by atoms with Crippen LogP contribution in [0.2, 0.25) is 5.02 Å². The number of benzene rings is 2. The summed E-state index contributed by atoms with van der Waals surface area (Å²) in [5.74, 6) is 0.00215. The molecule has 0 saturated heterocycles. The highest BCUT2D eigenvalue weighted by Gasteiger charge is 2.47. The van der Waals surface area contributed by atoms with Gasteiger partial charge in [-0.3, -0.25) is 4.79 Å². The first-order valence-corrected chi connectivity index (χ1v) is 7.84. The zero-order valence-electron chi connectivity index (χ0n) is 12.7. The summed E-state index contributed by atoms with van der Waals surface area (Å²) in [6.45, 7) is 0. The first-order valence-electron chi connectivity index (χ1n) is 7.47. The van der Waals surface area contributed by atoms with Crippen LogP contribution in [0.25, 0.3) is 0 Å². The fraction of sp³-hybridized carbons (Fsp3) is 0.278. The van der Waals surface area contributed by atoms with Crippen molar-refractivity contribution in [2.24, 2.45) is 0 Å². The van der Waals surface area contributed by atoms with Crippen LogP contribution >= 0.6 is 11.6 Å². The van der Waals surface area contributed by atoms with E-state index in [9.17, 15) is 9.18 Å². The molecule has 0 bridgehead atoms. The Morgan fingerprint density at radius 3 is 2.57 bits per heavy atom. The molecule has 0 unspecified atom stereocenters. The van der Waals surface area contributed by atoms with Crippen LogP contribution in [0, 0.1) is 5.82 Å². The molecule has 5 heteroatoms. The monoisotopic (exact) mass is 333 g/mol. The van der Waals surface area contributed by atoms with Crippen molar-refractivity contribution in [1.82, 2.24) is 0 Å². The fourth-order valence-corrected chi connectivity index (χ4v) is 3.25. The molecule has 1 N–H and O–H groups in total. The Balaban J connectivity index is 1.87. The molecule has 2 aromatic carbocycles. The van der Waals surface area contributed by atoms with Gasteiger partial charge in [-0.15, -0.1) is 0 Å². The van der Waals surface area contributed by atoms with Gasteiger partial charge < -0.3 is 10.1 Å². The average Bonchev–Trinajstić information content (AvgIpc) is 2.48. The van der Waals surface area contributed by atoms with Crippen molar-refractivity contribution in [3.05, 3.63) is 58.9 Å². The number of amides is 1. The Kier molecular flexibility index (Phi) is 4.26. The van der Waals surface area contributed by atoms with E-state index in [1.54, 1.807) is 36.4 Å². The minimum atomic E-state index is -0.794. The molecule has 23 heavy (non-hydrogen) atoms. The molecule has 120 valence electrons. The Hall–Kier alpha value is -2.07. The second kappa shape index (κ2) is 6.20. The Morgan fingerprint density at radius 1 is 1.26 bits per heavy atom. The molecule has 2 aromatic rings. The molecule has 0 spiro atoms. The maximum atomic E-state index is 14.2. The van der Waals surface area contributed by atoms with Gasteiger partial charge in [0.05, 0.1) is 17.5 Å². The summed E-state index contributed by atoms with van der Waals surface area (Å²) in [6, 6.07) is 11.5. The van der Waals surface area contributed by atoms with E-state index in [2.05, 4.69) is 5.32 Å². The van der Waals surface area contributed by atoms with Gasteiger partial charge in [-0.2, -0.15) is 0 Å². The number of rotatable bonds is 4. The molecule has 1 aliphatic carbocycles. The number of hydrogen-bond acceptors (Lipinski definition) is 2. The second-order valence-corrected chi connectivity index (χ2v) is 6.13. The van der Waals surface area contributed by atoms with E-state index in [-0.39, 0.29) is 11.7 Å². The maximum absolute atomic E-state index is 14.2. The number of carbonyl (C=O) groups excluding carboxylic acids is 1. The summed E-state index contributed by atoms with van der Waals surface area (Å²) in [6.07, 6.45) is 2.19. The van der Waals surface area contributed by atoms with E-state index in [4.69, 9.17) is 16.3 Å². The molecule has 0 heterocycles. The van der Waals surface area contributed by atoms with E-state index < -0.39 is 5.41 Å². The number of halogens is 2. The number of anilines is 1. The fourth-order valence-electron chi connectivity index (χ4n) is 2.99. The summed E-state index contributed by atoms with van der Waals surface area (Å²) in [5.41, 5.74) is 0.240. The lowest BCUT2D eigenvalue weighted by molar-refractivity contribution is -0.124. The third-order valence-electron chi connectivity index (χ3n) is 4.44. The quantitative estimate of drug-likeness (QED) is 0.891. The van der Waals surface area contributed by atoms with Gasteiger partial charge in [0, 0.05) is 11.3 Å². The lowest BCUT2D eigenvalue weighted by Crippen LogP contribution is -2.46. The molecule has 1 fully saturated rings. The SMILES string of the molecule is COc1ccc(NC(=O)C2(c3ccccc3F)CCC2)cc1Cl. The zero-order valence-corrected chi connectivity index (χ0v) is 13.5. The van der Waals surface area contributed by atoms with Crippen molar-refractivity contribution in [2.45, 2.75) is 24.7 Å². The van der Waals surface area contributed by atoms with Crippen LogP contribution in [-0.4, -0.2) is 13.0 Å². The predicted octanol–water partition coefficient (Wildman–Crippen LogP) is 4.55. The standard InChI is InChI=1S/C18H17ClFNO2/c1-23-16-8-7-12(11-14(16)19)21-17(22)18(9-4-10-18)13-5-2-3-6-15(13)20/h2-3,5-8,11H,4,9-10H2,1H3,(H,21,22). The van der Waals surface area contributed by atoms with E-state index in [1.807, 2.05) is 0 Å². The first kappa shape index (κ1) is 15.8. The molecular formula is C18H17ClFNO2. The summed E-state index contributed by atoms with van der Waals surface area (Å²) in [7, 11) is 1.53. The number of nitrogens with one attached hydrogen (secondary N) is 1. The van der Waals surface area contributed by atoms with Crippen LogP contribution in [0.1, 0.15) is 24.8 Å². The Bertz CT molecular complexity index is 744. The molecule has 0 atom stereocenters. The van der Waals surface area contributed by atoms with Crippen molar-refractivity contribution in [2.75, 3.05) is 12.4 Å². The molecule has 1 aliphatic rings. The van der Waals surface area contributed by atoms with E-state index in [1.165, 1.54) is 13.2 Å². The van der Waals surface area contributed by atoms with Gasteiger partial charge in [-0.1, -0.05) is 36.2 Å². The number of methoxy groups -OCH3 is 1. The van der Waals surface area contributed by atoms with Crippen LogP contribution in [0.3, 0.4) is 0 Å². The van der Waals surface area contributed by atoms with Gasteiger partial charge in [0.15, 0.2) is 0 Å². The van der Waals surface area contributed by atoms with Gasteiger partial charge >= 0.3 is 0 Å². The molecule has 0 aliphatic heterocycles. The molecular weight excluding hydrogens is 317 g/mol. The number of ether oxygens (including phenoxy) is 1. The largest absolute Gasteiger partial charge is 0.495 e. The smallest absolute Gasteiger partial charge is 0.235 e. The van der Waals surface area contributed by atoms with Gasteiger partial charge in [0.1, 0.15) is 11.6 Å². The summed E-state index contributed by atoms with van der Waals surface area (Å²) in [5, 5.41) is 3.27. The number of hydrogen-bond donors (Lipinski definition) is 1. The van der Waals surface area contributed by atoms with Gasteiger partial charge in [-0.25, -0.2) is 4.39 Å². The van der Waals surface area contributed by atoms with Crippen LogP contribution in [0.5, 0.6) is 5.75 Å². The molecule has 3 nitrogen and oxygen atoms in total. The highest BCUT2D eigenvalue weighted by molar-refractivity contribution is 6.32. The zero-order chi connectivity index (χ0) is 16.4. The van der Waals surface area contributed by atoms with Gasteiger partial charge in [-0.05, 0) is 37.1 Å². The van der Waals surface area contributed by atoms with Crippen molar-refractivity contribution in [1.29, 1.82) is 0 Å². The van der Waals surface area contributed by atoms with Gasteiger partial charge in [0.25, 0.3) is 0 Å². The molecule has 0 aromatic heterocycles. The lowest BCUT2D eigenvalue weighted by Gasteiger charge is -2.40. The average molecular weight is 334 g/mol. The van der Waals surface area contributed by atoms with Gasteiger partial charge in [0.2, 0.25) is 5.91 Å². The summed E-state index contributed by atoms with van der Waals surface area (Å²) in [4.78, 5) is 12.8. The highest BCUT2D eigenvalue weighted by atomic mass is 35.5. The predicted molar refractivity (Wildman–Crippen MR) is 88.6 cm³/mol. The van der Waals surface area contributed by atoms with Crippen LogP contribution < -0.4 is 10.1 Å². The Labute approximate surface area is 139 Å². The minimum absolute atomic E-state index is 0.199.